The van der Waals surface area contributed by atoms with E-state index in [2.05, 4.69) is 10.3 Å². The largest absolute Gasteiger partial charge is 0.494 e. The minimum atomic E-state index is -0.413. The molecule has 0 aliphatic heterocycles. The predicted molar refractivity (Wildman–Crippen MR) is 99.6 cm³/mol. The zero-order valence-corrected chi connectivity index (χ0v) is 14.9. The van der Waals surface area contributed by atoms with Crippen LogP contribution in [-0.2, 0) is 13.5 Å². The molecule has 6 nitrogen and oxygen atoms in total. The number of benzene rings is 1. The molecule has 2 heterocycles. The summed E-state index contributed by atoms with van der Waals surface area (Å²) < 4.78 is 20.0. The van der Waals surface area contributed by atoms with Gasteiger partial charge in [-0.1, -0.05) is 12.1 Å². The Morgan fingerprint density at radius 2 is 1.96 bits per heavy atom. The van der Waals surface area contributed by atoms with E-state index in [1.807, 2.05) is 6.07 Å². The molecule has 0 spiro atoms. The van der Waals surface area contributed by atoms with Crippen molar-refractivity contribution >= 4 is 11.7 Å². The van der Waals surface area contributed by atoms with E-state index in [1.165, 1.54) is 36.1 Å². The lowest BCUT2D eigenvalue weighted by atomic mass is 10.1. The van der Waals surface area contributed by atoms with Crippen molar-refractivity contribution in [3.63, 3.8) is 0 Å². The SMILES string of the molecule is COc1ccc(Cc2ccc(NC(=O)c3ccc(=O)n(C)c3)nc2)cc1F. The summed E-state index contributed by atoms with van der Waals surface area (Å²) in [4.78, 5) is 27.8. The van der Waals surface area contributed by atoms with Crippen LogP contribution in [0, 0.1) is 5.82 Å². The monoisotopic (exact) mass is 367 g/mol. The molecule has 1 amide bonds. The third-order valence-electron chi connectivity index (χ3n) is 4.04. The smallest absolute Gasteiger partial charge is 0.258 e. The lowest BCUT2D eigenvalue weighted by Gasteiger charge is -2.08. The molecular weight excluding hydrogens is 349 g/mol. The number of anilines is 1. The van der Waals surface area contributed by atoms with Crippen LogP contribution >= 0.6 is 0 Å². The van der Waals surface area contributed by atoms with Gasteiger partial charge in [0.05, 0.1) is 12.7 Å². The van der Waals surface area contributed by atoms with E-state index in [4.69, 9.17) is 4.74 Å². The minimum Gasteiger partial charge on any atom is -0.494 e. The molecule has 2 aromatic heterocycles. The number of nitrogens with zero attached hydrogens (tertiary/aromatic N) is 2. The first kappa shape index (κ1) is 18.3. The molecule has 1 N–H and O–H groups in total. The van der Waals surface area contributed by atoms with Gasteiger partial charge >= 0.3 is 0 Å². The molecule has 0 saturated carbocycles. The summed E-state index contributed by atoms with van der Waals surface area (Å²) in [7, 11) is 3.00. The summed E-state index contributed by atoms with van der Waals surface area (Å²) in [6.45, 7) is 0. The van der Waals surface area contributed by atoms with Gasteiger partial charge in [0.2, 0.25) is 5.56 Å². The lowest BCUT2D eigenvalue weighted by Crippen LogP contribution is -2.19. The fourth-order valence-corrected chi connectivity index (χ4v) is 2.58. The zero-order chi connectivity index (χ0) is 19.4. The number of aromatic nitrogens is 2. The Labute approximate surface area is 155 Å². The maximum Gasteiger partial charge on any atom is 0.258 e. The number of rotatable bonds is 5. The fourth-order valence-electron chi connectivity index (χ4n) is 2.58. The zero-order valence-electron chi connectivity index (χ0n) is 14.9. The quantitative estimate of drug-likeness (QED) is 0.753. The summed E-state index contributed by atoms with van der Waals surface area (Å²) in [6, 6.07) is 11.1. The van der Waals surface area contributed by atoms with Crippen molar-refractivity contribution in [2.24, 2.45) is 7.05 Å². The number of amides is 1. The first-order chi connectivity index (χ1) is 13.0. The molecule has 138 valence electrons. The van der Waals surface area contributed by atoms with Gasteiger partial charge in [0.15, 0.2) is 11.6 Å². The Morgan fingerprint density at radius 3 is 2.59 bits per heavy atom. The highest BCUT2D eigenvalue weighted by atomic mass is 19.1. The van der Waals surface area contributed by atoms with Crippen LogP contribution in [0.5, 0.6) is 5.75 Å². The van der Waals surface area contributed by atoms with Gasteiger partial charge in [-0.2, -0.15) is 0 Å². The van der Waals surface area contributed by atoms with Gasteiger partial charge in [-0.25, -0.2) is 9.37 Å². The summed E-state index contributed by atoms with van der Waals surface area (Å²) in [5.41, 5.74) is 1.83. The van der Waals surface area contributed by atoms with Crippen LogP contribution in [0.15, 0.2) is 59.7 Å². The first-order valence-corrected chi connectivity index (χ1v) is 8.21. The van der Waals surface area contributed by atoms with Crippen LogP contribution in [0.4, 0.5) is 10.2 Å². The van der Waals surface area contributed by atoms with Crippen LogP contribution in [-0.4, -0.2) is 22.6 Å². The van der Waals surface area contributed by atoms with E-state index in [9.17, 15) is 14.0 Å². The molecule has 0 aliphatic rings. The molecule has 7 heteroatoms. The van der Waals surface area contributed by atoms with Gasteiger partial charge in [0.1, 0.15) is 5.82 Å². The van der Waals surface area contributed by atoms with Crippen LogP contribution < -0.4 is 15.6 Å². The minimum absolute atomic E-state index is 0.191. The number of halogens is 1. The number of ether oxygens (including phenoxy) is 1. The molecule has 3 rings (SSSR count). The first-order valence-electron chi connectivity index (χ1n) is 8.21. The summed E-state index contributed by atoms with van der Waals surface area (Å²) in [5.74, 6) is -0.181. The molecule has 0 fully saturated rings. The number of methoxy groups -OCH3 is 1. The van der Waals surface area contributed by atoms with Crippen molar-refractivity contribution in [2.75, 3.05) is 12.4 Å². The van der Waals surface area contributed by atoms with Crippen molar-refractivity contribution in [1.82, 2.24) is 9.55 Å². The number of carbonyl (C=O) groups is 1. The standard InChI is InChI=1S/C20H18FN3O3/c1-24-12-15(5-8-19(24)25)20(26)23-18-7-4-14(11-22-18)9-13-3-6-17(27-2)16(21)10-13/h3-8,10-12H,9H2,1-2H3,(H,22,23,26). The van der Waals surface area contributed by atoms with Crippen LogP contribution in [0.3, 0.4) is 0 Å². The van der Waals surface area contributed by atoms with E-state index < -0.39 is 5.82 Å². The Bertz CT molecular complexity index is 1030. The molecule has 3 aromatic rings. The number of hydrogen-bond donors (Lipinski definition) is 1. The Kier molecular flexibility index (Phi) is 5.30. The maximum atomic E-state index is 13.8. The van der Waals surface area contributed by atoms with Gasteiger partial charge in [0, 0.05) is 25.5 Å². The Balaban J connectivity index is 1.68. The third kappa shape index (κ3) is 4.38. The lowest BCUT2D eigenvalue weighted by molar-refractivity contribution is 0.102. The van der Waals surface area contributed by atoms with Crippen molar-refractivity contribution in [2.45, 2.75) is 6.42 Å². The molecule has 27 heavy (non-hydrogen) atoms. The average molecular weight is 367 g/mol. The maximum absolute atomic E-state index is 13.8. The molecule has 0 bridgehead atoms. The number of carbonyl (C=O) groups excluding carboxylic acids is 1. The summed E-state index contributed by atoms with van der Waals surface area (Å²) in [6.07, 6.45) is 3.59. The molecule has 0 radical (unpaired) electrons. The summed E-state index contributed by atoms with van der Waals surface area (Å²) in [5, 5.41) is 2.68. The predicted octanol–water partition coefficient (Wildman–Crippen LogP) is 2.77. The number of pyridine rings is 2. The van der Waals surface area contributed by atoms with Gasteiger partial charge in [-0.15, -0.1) is 0 Å². The third-order valence-corrected chi connectivity index (χ3v) is 4.04. The second kappa shape index (κ2) is 7.82. The van der Waals surface area contributed by atoms with Crippen molar-refractivity contribution in [3.05, 3.63) is 87.7 Å². The highest BCUT2D eigenvalue weighted by Gasteiger charge is 2.09. The van der Waals surface area contributed by atoms with Crippen LogP contribution in [0.1, 0.15) is 21.5 Å². The van der Waals surface area contributed by atoms with E-state index in [0.717, 1.165) is 11.1 Å². The number of aryl methyl sites for hydroxylation is 1. The van der Waals surface area contributed by atoms with Gasteiger partial charge < -0.3 is 14.6 Å². The van der Waals surface area contributed by atoms with E-state index >= 15 is 0 Å². The molecule has 1 aromatic carbocycles. The van der Waals surface area contributed by atoms with Crippen molar-refractivity contribution in [3.8, 4) is 5.75 Å². The van der Waals surface area contributed by atoms with Gasteiger partial charge in [-0.05, 0) is 41.8 Å². The van der Waals surface area contributed by atoms with Gasteiger partial charge in [-0.3, -0.25) is 9.59 Å². The highest BCUT2D eigenvalue weighted by Crippen LogP contribution is 2.20. The topological polar surface area (TPSA) is 73.2 Å². The molecule has 0 atom stereocenters. The number of hydrogen-bond acceptors (Lipinski definition) is 4. The summed E-state index contributed by atoms with van der Waals surface area (Å²) >= 11 is 0. The van der Waals surface area contributed by atoms with E-state index in [-0.39, 0.29) is 17.2 Å². The van der Waals surface area contributed by atoms with E-state index in [1.54, 1.807) is 31.4 Å². The Morgan fingerprint density at radius 1 is 1.19 bits per heavy atom. The molecule has 0 saturated heterocycles. The molecule has 0 unspecified atom stereocenters. The fraction of sp³-hybridized carbons (Fsp3) is 0.150. The highest BCUT2D eigenvalue weighted by molar-refractivity contribution is 6.03. The van der Waals surface area contributed by atoms with Crippen LogP contribution in [0.25, 0.3) is 0 Å². The number of nitrogens with one attached hydrogen (secondary N) is 1. The second-order valence-electron chi connectivity index (χ2n) is 6.02. The normalized spacial score (nSPS) is 10.5. The second-order valence-corrected chi connectivity index (χ2v) is 6.02. The van der Waals surface area contributed by atoms with Gasteiger partial charge in [0.25, 0.3) is 5.91 Å². The van der Waals surface area contributed by atoms with Crippen LogP contribution in [0.2, 0.25) is 0 Å². The Hall–Kier alpha value is -3.48. The van der Waals surface area contributed by atoms with E-state index in [0.29, 0.717) is 17.8 Å². The molecular formula is C20H18FN3O3. The van der Waals surface area contributed by atoms with Crippen molar-refractivity contribution < 1.29 is 13.9 Å². The average Bonchev–Trinajstić information content (AvgIpc) is 2.65. The molecule has 0 aliphatic carbocycles. The van der Waals surface area contributed by atoms with Crippen molar-refractivity contribution in [1.29, 1.82) is 0 Å².